The van der Waals surface area contributed by atoms with Crippen LogP contribution in [0, 0.1) is 12.8 Å². The van der Waals surface area contributed by atoms with Crippen molar-refractivity contribution in [2.24, 2.45) is 11.7 Å². The molecule has 0 radical (unpaired) electrons. The molecule has 0 unspecified atom stereocenters. The van der Waals surface area contributed by atoms with Crippen molar-refractivity contribution in [1.29, 1.82) is 0 Å². The Morgan fingerprint density at radius 1 is 1.11 bits per heavy atom. The summed E-state index contributed by atoms with van der Waals surface area (Å²) in [5.74, 6) is -0.615. The van der Waals surface area contributed by atoms with Crippen molar-refractivity contribution in [2.75, 3.05) is 11.9 Å². The molecule has 0 aliphatic carbocycles. The van der Waals surface area contributed by atoms with Gasteiger partial charge in [0.25, 0.3) is 0 Å². The van der Waals surface area contributed by atoms with Crippen molar-refractivity contribution in [1.82, 2.24) is 5.32 Å². The van der Waals surface area contributed by atoms with Crippen molar-refractivity contribution >= 4 is 41.5 Å². The number of hydrogen-bond donors (Lipinski definition) is 3. The van der Waals surface area contributed by atoms with Crippen LogP contribution in [0.1, 0.15) is 19.4 Å². The van der Waals surface area contributed by atoms with E-state index < -0.39 is 6.04 Å². The number of anilines is 1. The zero-order valence-corrected chi connectivity index (χ0v) is 17.2. The fourth-order valence-electron chi connectivity index (χ4n) is 2.43. The van der Waals surface area contributed by atoms with Crippen molar-refractivity contribution in [3.63, 3.8) is 0 Å². The summed E-state index contributed by atoms with van der Waals surface area (Å²) < 4.78 is 0. The fraction of sp³-hybridized carbons (Fsp3) is 0.300. The number of nitrogens with one attached hydrogen (secondary N) is 2. The van der Waals surface area contributed by atoms with Crippen LogP contribution < -0.4 is 16.4 Å². The summed E-state index contributed by atoms with van der Waals surface area (Å²) in [5.41, 5.74) is 9.39. The van der Waals surface area contributed by atoms with Gasteiger partial charge in [-0.25, -0.2) is 0 Å². The molecule has 2 amide bonds. The maximum absolute atomic E-state index is 12.1. The Hall–Kier alpha value is -2.08. The van der Waals surface area contributed by atoms with Gasteiger partial charge in [0.15, 0.2) is 0 Å². The molecule has 0 aromatic heterocycles. The van der Waals surface area contributed by atoms with E-state index in [1.54, 1.807) is 0 Å². The van der Waals surface area contributed by atoms with E-state index in [9.17, 15) is 9.59 Å². The fourth-order valence-corrected chi connectivity index (χ4v) is 2.62. The molecule has 0 saturated heterocycles. The van der Waals surface area contributed by atoms with Crippen molar-refractivity contribution < 1.29 is 9.59 Å². The van der Waals surface area contributed by atoms with Gasteiger partial charge in [0, 0.05) is 10.7 Å². The van der Waals surface area contributed by atoms with Gasteiger partial charge in [-0.3, -0.25) is 9.59 Å². The van der Waals surface area contributed by atoms with Crippen LogP contribution in [0.15, 0.2) is 42.5 Å². The van der Waals surface area contributed by atoms with E-state index in [1.807, 2.05) is 63.2 Å². The summed E-state index contributed by atoms with van der Waals surface area (Å²) in [5, 5.41) is 6.03. The summed E-state index contributed by atoms with van der Waals surface area (Å²) >= 11 is 6.04. The van der Waals surface area contributed by atoms with Crippen LogP contribution in [0.4, 0.5) is 5.69 Å². The molecule has 2 aromatic rings. The van der Waals surface area contributed by atoms with Gasteiger partial charge in [0.05, 0.1) is 12.6 Å². The Morgan fingerprint density at radius 3 is 2.37 bits per heavy atom. The molecular formula is C20H25Cl2N3O2. The topological polar surface area (TPSA) is 84.2 Å². The van der Waals surface area contributed by atoms with Crippen LogP contribution in [-0.4, -0.2) is 24.4 Å². The summed E-state index contributed by atoms with van der Waals surface area (Å²) in [7, 11) is 0. The van der Waals surface area contributed by atoms with Gasteiger partial charge in [0.1, 0.15) is 0 Å². The molecule has 2 rings (SSSR count). The van der Waals surface area contributed by atoms with Gasteiger partial charge in [-0.05, 0) is 53.8 Å². The van der Waals surface area contributed by atoms with Gasteiger partial charge in [-0.1, -0.05) is 43.6 Å². The van der Waals surface area contributed by atoms with E-state index in [4.69, 9.17) is 17.3 Å². The Labute approximate surface area is 171 Å². The van der Waals surface area contributed by atoms with Crippen LogP contribution >= 0.6 is 24.0 Å². The lowest BCUT2D eigenvalue weighted by Crippen LogP contribution is -2.46. The largest absolute Gasteiger partial charge is 0.346 e. The van der Waals surface area contributed by atoms with Gasteiger partial charge in [-0.2, -0.15) is 0 Å². The first-order valence-corrected chi connectivity index (χ1v) is 8.85. The van der Waals surface area contributed by atoms with Crippen molar-refractivity contribution in [3.8, 4) is 11.1 Å². The highest BCUT2D eigenvalue weighted by molar-refractivity contribution is 6.30. The van der Waals surface area contributed by atoms with E-state index in [2.05, 4.69) is 10.6 Å². The molecule has 0 fully saturated rings. The van der Waals surface area contributed by atoms with Crippen LogP contribution in [0.5, 0.6) is 0 Å². The Morgan fingerprint density at radius 2 is 1.78 bits per heavy atom. The molecule has 27 heavy (non-hydrogen) atoms. The number of halogens is 2. The third-order valence-electron chi connectivity index (χ3n) is 4.10. The second-order valence-corrected chi connectivity index (χ2v) is 7.01. The number of amides is 2. The molecule has 1 atom stereocenters. The monoisotopic (exact) mass is 409 g/mol. The zero-order valence-electron chi connectivity index (χ0n) is 15.6. The number of carbonyl (C=O) groups excluding carboxylic acids is 2. The standard InChI is InChI=1S/C20H24ClN3O2.ClH/c1-12(2)19(22)20(26)23-11-18(25)24-17-8-7-15(9-13(17)3)14-5-4-6-16(21)10-14;/h4-10,12,19H,11,22H2,1-3H3,(H,23,26)(H,24,25);1H/t19-;/m0./s1. The minimum Gasteiger partial charge on any atom is -0.346 e. The highest BCUT2D eigenvalue weighted by atomic mass is 35.5. The summed E-state index contributed by atoms with van der Waals surface area (Å²) in [6.07, 6.45) is 0. The van der Waals surface area contributed by atoms with Gasteiger partial charge in [-0.15, -0.1) is 12.4 Å². The molecule has 0 aliphatic heterocycles. The molecule has 0 saturated carbocycles. The average Bonchev–Trinajstić information content (AvgIpc) is 2.60. The number of carbonyl (C=O) groups is 2. The molecular weight excluding hydrogens is 385 g/mol. The van der Waals surface area contributed by atoms with Crippen LogP contribution in [-0.2, 0) is 9.59 Å². The quantitative estimate of drug-likeness (QED) is 0.678. The smallest absolute Gasteiger partial charge is 0.243 e. The first-order valence-electron chi connectivity index (χ1n) is 8.47. The van der Waals surface area contributed by atoms with Crippen LogP contribution in [0.2, 0.25) is 5.02 Å². The molecule has 0 bridgehead atoms. The SMILES string of the molecule is Cc1cc(-c2cccc(Cl)c2)ccc1NC(=O)CNC(=O)[C@@H](N)C(C)C.Cl. The maximum Gasteiger partial charge on any atom is 0.243 e. The highest BCUT2D eigenvalue weighted by Gasteiger charge is 2.17. The number of benzene rings is 2. The lowest BCUT2D eigenvalue weighted by Gasteiger charge is -2.15. The molecule has 4 N–H and O–H groups in total. The molecule has 0 aliphatic rings. The molecule has 5 nitrogen and oxygen atoms in total. The highest BCUT2D eigenvalue weighted by Crippen LogP contribution is 2.26. The van der Waals surface area contributed by atoms with Crippen LogP contribution in [0.3, 0.4) is 0 Å². The normalized spacial score (nSPS) is 11.5. The van der Waals surface area contributed by atoms with E-state index >= 15 is 0 Å². The third-order valence-corrected chi connectivity index (χ3v) is 4.34. The van der Waals surface area contributed by atoms with Crippen molar-refractivity contribution in [2.45, 2.75) is 26.8 Å². The third kappa shape index (κ3) is 6.54. The summed E-state index contributed by atoms with van der Waals surface area (Å²) in [6.45, 7) is 5.51. The minimum atomic E-state index is -0.624. The summed E-state index contributed by atoms with van der Waals surface area (Å²) in [4.78, 5) is 23.9. The first kappa shape index (κ1) is 23.0. The maximum atomic E-state index is 12.1. The van der Waals surface area contributed by atoms with Gasteiger partial charge < -0.3 is 16.4 Å². The Balaban J connectivity index is 0.00000364. The molecule has 0 spiro atoms. The van der Waals surface area contributed by atoms with E-state index in [0.717, 1.165) is 16.7 Å². The second-order valence-electron chi connectivity index (χ2n) is 6.58. The molecule has 2 aromatic carbocycles. The van der Waals surface area contributed by atoms with E-state index in [0.29, 0.717) is 10.7 Å². The van der Waals surface area contributed by atoms with Crippen molar-refractivity contribution in [3.05, 3.63) is 53.1 Å². The van der Waals surface area contributed by atoms with Crippen LogP contribution in [0.25, 0.3) is 11.1 Å². The van der Waals surface area contributed by atoms with E-state index in [-0.39, 0.29) is 36.7 Å². The Kier molecular flexibility index (Phi) is 8.76. The number of hydrogen-bond acceptors (Lipinski definition) is 3. The Bertz CT molecular complexity index is 810. The number of aryl methyl sites for hydroxylation is 1. The molecule has 146 valence electrons. The summed E-state index contributed by atoms with van der Waals surface area (Å²) in [6, 6.07) is 12.7. The average molecular weight is 410 g/mol. The second kappa shape index (κ2) is 10.3. The predicted octanol–water partition coefficient (Wildman–Crippen LogP) is 3.78. The zero-order chi connectivity index (χ0) is 19.3. The van der Waals surface area contributed by atoms with Gasteiger partial charge >= 0.3 is 0 Å². The number of nitrogens with two attached hydrogens (primary N) is 1. The molecule has 0 heterocycles. The minimum absolute atomic E-state index is 0. The number of rotatable bonds is 6. The van der Waals surface area contributed by atoms with Gasteiger partial charge in [0.2, 0.25) is 11.8 Å². The van der Waals surface area contributed by atoms with E-state index in [1.165, 1.54) is 0 Å². The lowest BCUT2D eigenvalue weighted by molar-refractivity contribution is -0.125. The lowest BCUT2D eigenvalue weighted by atomic mass is 10.0. The molecule has 7 heteroatoms. The predicted molar refractivity (Wildman–Crippen MR) is 113 cm³/mol. The first-order chi connectivity index (χ1) is 12.3.